The van der Waals surface area contributed by atoms with E-state index in [0.29, 0.717) is 36.0 Å². The van der Waals surface area contributed by atoms with Crippen LogP contribution in [0, 0.1) is 18.8 Å². The number of ketones is 1. The number of unbranched alkanes of at least 4 members (excludes halogenated alkanes) is 1. The molecule has 4 bridgehead atoms. The quantitative estimate of drug-likeness (QED) is 0.233. The fourth-order valence-electron chi connectivity index (χ4n) is 6.15. The normalized spacial score (nSPS) is 25.0. The molecule has 2 unspecified atom stereocenters. The van der Waals surface area contributed by atoms with E-state index in [2.05, 4.69) is 19.9 Å². The summed E-state index contributed by atoms with van der Waals surface area (Å²) in [6, 6.07) is 7.22. The number of fused-ring (bicyclic) bond motifs is 4. The van der Waals surface area contributed by atoms with E-state index in [9.17, 15) is 20.1 Å². The molecule has 1 aliphatic carbocycles. The second-order valence-electron chi connectivity index (χ2n) is 12.2. The number of carbonyl (C=O) groups excluding carboxylic acids is 1. The van der Waals surface area contributed by atoms with Gasteiger partial charge < -0.3 is 24.8 Å². The van der Waals surface area contributed by atoms with Crippen molar-refractivity contribution in [3.05, 3.63) is 69.3 Å². The second kappa shape index (κ2) is 15.9. The van der Waals surface area contributed by atoms with E-state index in [4.69, 9.17) is 9.47 Å². The summed E-state index contributed by atoms with van der Waals surface area (Å²) in [4.78, 5) is 13.7. The summed E-state index contributed by atoms with van der Waals surface area (Å²) >= 11 is 0. The fraction of sp³-hybridized carbons (Fsp3) is 0.571. The van der Waals surface area contributed by atoms with Crippen molar-refractivity contribution in [2.24, 2.45) is 11.8 Å². The highest BCUT2D eigenvalue weighted by molar-refractivity contribution is 5.99. The van der Waals surface area contributed by atoms with Crippen molar-refractivity contribution in [3.8, 4) is 11.5 Å². The molecule has 2 aromatic carbocycles. The first-order valence-corrected chi connectivity index (χ1v) is 15.1. The number of phenolic OH excluding ortho intramolecular Hbond substituents is 2. The molecule has 0 amide bonds. The first-order chi connectivity index (χ1) is 19.4. The Bertz CT molecular complexity index is 1240. The molecule has 0 fully saturated rings. The molecule has 0 spiro atoms. The van der Waals surface area contributed by atoms with Gasteiger partial charge in [-0.3, -0.25) is 4.79 Å². The van der Waals surface area contributed by atoms with Crippen molar-refractivity contribution in [2.45, 2.75) is 111 Å². The van der Waals surface area contributed by atoms with Gasteiger partial charge in [0, 0.05) is 41.7 Å². The highest BCUT2D eigenvalue weighted by Crippen LogP contribution is 2.39. The zero-order valence-electron chi connectivity index (χ0n) is 26.6. The van der Waals surface area contributed by atoms with Gasteiger partial charge in [0.2, 0.25) is 0 Å². The molecule has 3 N–H and O–H groups in total. The third-order valence-corrected chi connectivity index (χ3v) is 8.42. The number of rotatable bonds is 6. The van der Waals surface area contributed by atoms with Crippen molar-refractivity contribution in [2.75, 3.05) is 7.11 Å². The lowest BCUT2D eigenvalue weighted by Crippen LogP contribution is -2.35. The van der Waals surface area contributed by atoms with Crippen molar-refractivity contribution >= 4 is 18.2 Å². The van der Waals surface area contributed by atoms with Crippen molar-refractivity contribution in [1.82, 2.24) is 0 Å². The van der Waals surface area contributed by atoms with Crippen LogP contribution in [0.1, 0.15) is 105 Å². The molecule has 234 valence electrons. The van der Waals surface area contributed by atoms with Gasteiger partial charge in [-0.25, -0.2) is 0 Å². The van der Waals surface area contributed by atoms with Crippen LogP contribution in [0.25, 0.3) is 0 Å². The first kappa shape index (κ1) is 35.8. The number of benzene rings is 2. The van der Waals surface area contributed by atoms with E-state index in [1.807, 2.05) is 52.8 Å². The number of methoxy groups -OCH3 is 1. The summed E-state index contributed by atoms with van der Waals surface area (Å²) in [7, 11) is 1.62. The van der Waals surface area contributed by atoms with Crippen LogP contribution >= 0.6 is 12.4 Å². The summed E-state index contributed by atoms with van der Waals surface area (Å²) in [6.07, 6.45) is 3.92. The maximum atomic E-state index is 13.7. The number of aromatic hydroxyl groups is 2. The van der Waals surface area contributed by atoms with E-state index >= 15 is 0 Å². The summed E-state index contributed by atoms with van der Waals surface area (Å²) in [5.41, 5.74) is 5.07. The van der Waals surface area contributed by atoms with Crippen LogP contribution in [-0.2, 0) is 28.7 Å². The van der Waals surface area contributed by atoms with E-state index in [1.165, 1.54) is 0 Å². The predicted octanol–water partition coefficient (Wildman–Crippen LogP) is 7.60. The second-order valence-corrected chi connectivity index (χ2v) is 12.2. The largest absolute Gasteiger partial charge is 0.508 e. The molecule has 0 radical (unpaired) electrons. The van der Waals surface area contributed by atoms with E-state index in [1.54, 1.807) is 13.2 Å². The number of carbonyl (C=O) groups is 1. The number of hydrogen-bond donors (Lipinski definition) is 3. The Morgan fingerprint density at radius 1 is 1.12 bits per heavy atom. The number of ether oxygens (including phenoxy) is 2. The molecule has 42 heavy (non-hydrogen) atoms. The molecule has 0 saturated carbocycles. The fourth-order valence-corrected chi connectivity index (χ4v) is 6.15. The van der Waals surface area contributed by atoms with Crippen LogP contribution in [0.4, 0.5) is 0 Å². The van der Waals surface area contributed by atoms with Crippen molar-refractivity contribution in [3.63, 3.8) is 0 Å². The van der Waals surface area contributed by atoms with E-state index in [-0.39, 0.29) is 54.0 Å². The molecule has 0 aromatic heterocycles. The highest BCUT2D eigenvalue weighted by atomic mass is 35.5. The molecule has 5 atom stereocenters. The monoisotopic (exact) mass is 602 g/mol. The molecule has 7 heteroatoms. The van der Waals surface area contributed by atoms with Gasteiger partial charge >= 0.3 is 0 Å². The minimum Gasteiger partial charge on any atom is -0.508 e. The zero-order chi connectivity index (χ0) is 30.4. The molecule has 0 heterocycles. The summed E-state index contributed by atoms with van der Waals surface area (Å²) in [6.45, 7) is 14.0. The number of phenols is 2. The Labute approximate surface area is 258 Å². The Morgan fingerprint density at radius 3 is 2.43 bits per heavy atom. The number of Topliss-reactive ketones (excluding diaryl/α,β-unsaturated/α-hetero) is 1. The maximum absolute atomic E-state index is 13.7. The number of hydrogen-bond acceptors (Lipinski definition) is 6. The van der Waals surface area contributed by atoms with Gasteiger partial charge in [-0.05, 0) is 82.1 Å². The van der Waals surface area contributed by atoms with Crippen LogP contribution in [-0.4, -0.2) is 46.5 Å². The van der Waals surface area contributed by atoms with E-state index in [0.717, 1.165) is 35.1 Å². The van der Waals surface area contributed by atoms with Gasteiger partial charge in [-0.1, -0.05) is 51.5 Å². The van der Waals surface area contributed by atoms with Crippen LogP contribution in [0.5, 0.6) is 11.5 Å². The van der Waals surface area contributed by atoms with Gasteiger partial charge in [0.25, 0.3) is 0 Å². The molecule has 1 aliphatic rings. The molecular formula is C35H51ClO6. The minimum absolute atomic E-state index is 0. The predicted molar refractivity (Wildman–Crippen MR) is 171 cm³/mol. The molecule has 6 nitrogen and oxygen atoms in total. The Hall–Kier alpha value is -2.38. The van der Waals surface area contributed by atoms with E-state index < -0.39 is 18.3 Å². The molecule has 0 saturated heterocycles. The number of halogens is 1. The summed E-state index contributed by atoms with van der Waals surface area (Å²) in [5.74, 6) is -0.113. The lowest BCUT2D eigenvalue weighted by atomic mass is 9.85. The lowest BCUT2D eigenvalue weighted by Gasteiger charge is -2.29. The average molecular weight is 603 g/mol. The van der Waals surface area contributed by atoms with Gasteiger partial charge in [-0.15, -0.1) is 12.4 Å². The van der Waals surface area contributed by atoms with Crippen LogP contribution in [0.3, 0.4) is 0 Å². The standard InChI is InChI=1S/C35H50O6.ClH/c1-9-10-12-28-29-15-21(4)16-32(40-8)33(38)22(5)17-23(6)35(41-20(2)3)27-14-11-13-26(24(27)7)30(36)18-25(34(29)39)19-31(28)37;/h11,13-14,17,19-22,32-33,35,37-39H,9-10,12,15-16,18H2,1-8H3;1H/b23-17+;/t21?,22?,32-,33+,35-;/m0./s1. The molecule has 3 rings (SSSR count). The Balaban J connectivity index is 0.00000616. The van der Waals surface area contributed by atoms with Crippen LogP contribution in [0.2, 0.25) is 0 Å². The summed E-state index contributed by atoms with van der Waals surface area (Å²) < 4.78 is 12.2. The Kier molecular flexibility index (Phi) is 13.6. The topological polar surface area (TPSA) is 96.2 Å². The van der Waals surface area contributed by atoms with Gasteiger partial charge in [0.05, 0.1) is 18.3 Å². The van der Waals surface area contributed by atoms with Crippen molar-refractivity contribution in [1.29, 1.82) is 0 Å². The highest BCUT2D eigenvalue weighted by Gasteiger charge is 2.29. The zero-order valence-corrected chi connectivity index (χ0v) is 27.4. The van der Waals surface area contributed by atoms with Crippen LogP contribution in [0.15, 0.2) is 35.9 Å². The number of aliphatic hydroxyl groups excluding tert-OH is 1. The third-order valence-electron chi connectivity index (χ3n) is 8.42. The van der Waals surface area contributed by atoms with Crippen LogP contribution < -0.4 is 0 Å². The van der Waals surface area contributed by atoms with Gasteiger partial charge in [-0.2, -0.15) is 0 Å². The molecule has 2 aromatic rings. The van der Waals surface area contributed by atoms with Gasteiger partial charge in [0.1, 0.15) is 17.6 Å². The SMILES string of the molecule is CCCCc1c(O)cc2c(O)c1CC(C)C[C@H](OC)[C@H](O)C(C)/C=C(\C)[C@H](OC(C)C)c1cccc(c1C)C(=O)C2.Cl. The van der Waals surface area contributed by atoms with Gasteiger partial charge in [0.15, 0.2) is 5.78 Å². The van der Waals surface area contributed by atoms with Crippen molar-refractivity contribution < 1.29 is 29.6 Å². The molecular weight excluding hydrogens is 552 g/mol. The lowest BCUT2D eigenvalue weighted by molar-refractivity contribution is -0.0399. The smallest absolute Gasteiger partial charge is 0.167 e. The molecule has 0 aliphatic heterocycles. The maximum Gasteiger partial charge on any atom is 0.167 e. The average Bonchev–Trinajstić information content (AvgIpc) is 2.91. The third kappa shape index (κ3) is 8.37. The first-order valence-electron chi connectivity index (χ1n) is 15.1. The minimum atomic E-state index is -0.755. The summed E-state index contributed by atoms with van der Waals surface area (Å²) in [5, 5.41) is 34.0. The Morgan fingerprint density at radius 2 is 1.81 bits per heavy atom. The number of aliphatic hydroxyl groups is 1.